The van der Waals surface area contributed by atoms with Gasteiger partial charge in [0, 0.05) is 18.4 Å². The number of aliphatic carboxylic acids is 1. The average molecular weight is 227 g/mol. The number of rotatable bonds is 5. The molecule has 2 N–H and O–H groups in total. The normalized spacial score (nSPS) is 10.1. The summed E-state index contributed by atoms with van der Waals surface area (Å²) in [5, 5.41) is 17.5. The Balaban J connectivity index is 3.08. The molecule has 1 heterocycles. The predicted octanol–water partition coefficient (Wildman–Crippen LogP) is -0.106. The van der Waals surface area contributed by atoms with E-state index in [9.17, 15) is 9.59 Å². The number of aliphatic hydroxyl groups is 1. The van der Waals surface area contributed by atoms with Gasteiger partial charge in [-0.1, -0.05) is 0 Å². The highest BCUT2D eigenvalue weighted by atomic mass is 16.5. The third kappa shape index (κ3) is 2.60. The minimum absolute atomic E-state index is 0.123. The van der Waals surface area contributed by atoms with Gasteiger partial charge in [-0.2, -0.15) is 0 Å². The van der Waals surface area contributed by atoms with E-state index in [4.69, 9.17) is 10.2 Å². The van der Waals surface area contributed by atoms with Crippen molar-refractivity contribution in [2.75, 3.05) is 13.7 Å². The van der Waals surface area contributed by atoms with Crippen LogP contribution in [0.2, 0.25) is 0 Å². The van der Waals surface area contributed by atoms with Crippen LogP contribution in [0, 0.1) is 0 Å². The number of aliphatic hydroxyl groups excluding tert-OH is 1. The molecule has 0 saturated carbocycles. The lowest BCUT2D eigenvalue weighted by Gasteiger charge is -2.07. The van der Waals surface area contributed by atoms with Crippen LogP contribution < -0.4 is 0 Å². The maximum atomic E-state index is 11.3. The standard InChI is InChI=1S/C10H13NO5/c1-16-10(15)7-2-3-11(4-5-12)8(7)6-9(13)14/h2-3,12H,4-6H2,1H3,(H,13,14). The molecule has 0 amide bonds. The molecular formula is C10H13NO5. The number of carbonyl (C=O) groups is 2. The van der Waals surface area contributed by atoms with Crippen LogP contribution in [0.4, 0.5) is 0 Å². The van der Waals surface area contributed by atoms with Gasteiger partial charge in [0.25, 0.3) is 0 Å². The van der Waals surface area contributed by atoms with Gasteiger partial charge in [-0.05, 0) is 6.07 Å². The second kappa shape index (κ2) is 5.32. The van der Waals surface area contributed by atoms with Gasteiger partial charge in [-0.15, -0.1) is 0 Å². The highest BCUT2D eigenvalue weighted by Crippen LogP contribution is 2.13. The summed E-state index contributed by atoms with van der Waals surface area (Å²) in [6.07, 6.45) is 1.28. The lowest BCUT2D eigenvalue weighted by molar-refractivity contribution is -0.136. The molecule has 0 radical (unpaired) electrons. The van der Waals surface area contributed by atoms with Gasteiger partial charge in [-0.25, -0.2) is 4.79 Å². The van der Waals surface area contributed by atoms with Crippen LogP contribution in [0.15, 0.2) is 12.3 Å². The van der Waals surface area contributed by atoms with E-state index >= 15 is 0 Å². The Hall–Kier alpha value is -1.82. The molecule has 0 aliphatic rings. The number of hydrogen-bond acceptors (Lipinski definition) is 4. The highest BCUT2D eigenvalue weighted by molar-refractivity contribution is 5.92. The number of carboxylic acids is 1. The molecule has 0 fully saturated rings. The summed E-state index contributed by atoms with van der Waals surface area (Å²) >= 11 is 0. The SMILES string of the molecule is COC(=O)c1ccn(CCO)c1CC(=O)O. The molecule has 0 bridgehead atoms. The van der Waals surface area contributed by atoms with E-state index in [-0.39, 0.29) is 25.1 Å². The molecule has 0 spiro atoms. The van der Waals surface area contributed by atoms with Crippen molar-refractivity contribution in [3.05, 3.63) is 23.5 Å². The highest BCUT2D eigenvalue weighted by Gasteiger charge is 2.18. The molecule has 1 rings (SSSR count). The van der Waals surface area contributed by atoms with Crippen molar-refractivity contribution in [1.29, 1.82) is 0 Å². The first kappa shape index (κ1) is 12.3. The van der Waals surface area contributed by atoms with Gasteiger partial charge in [0.1, 0.15) is 0 Å². The van der Waals surface area contributed by atoms with Crippen molar-refractivity contribution in [2.24, 2.45) is 0 Å². The number of esters is 1. The molecule has 16 heavy (non-hydrogen) atoms. The molecule has 0 atom stereocenters. The van der Waals surface area contributed by atoms with Crippen LogP contribution in [0.5, 0.6) is 0 Å². The second-order valence-corrected chi connectivity index (χ2v) is 3.16. The lowest BCUT2D eigenvalue weighted by Crippen LogP contribution is -2.14. The quantitative estimate of drug-likeness (QED) is 0.685. The van der Waals surface area contributed by atoms with E-state index in [1.165, 1.54) is 17.7 Å². The van der Waals surface area contributed by atoms with E-state index in [0.29, 0.717) is 5.69 Å². The third-order valence-corrected chi connectivity index (χ3v) is 2.14. The van der Waals surface area contributed by atoms with Crippen molar-refractivity contribution in [3.63, 3.8) is 0 Å². The van der Waals surface area contributed by atoms with Crippen LogP contribution in [-0.2, 0) is 22.5 Å². The second-order valence-electron chi connectivity index (χ2n) is 3.16. The number of methoxy groups -OCH3 is 1. The van der Waals surface area contributed by atoms with Crippen molar-refractivity contribution >= 4 is 11.9 Å². The van der Waals surface area contributed by atoms with E-state index in [1.807, 2.05) is 0 Å². The molecular weight excluding hydrogens is 214 g/mol. The molecule has 0 aliphatic carbocycles. The molecule has 0 saturated heterocycles. The summed E-state index contributed by atoms with van der Waals surface area (Å²) < 4.78 is 6.07. The summed E-state index contributed by atoms with van der Waals surface area (Å²) in [5.74, 6) is -1.61. The Morgan fingerprint density at radius 3 is 2.69 bits per heavy atom. The largest absolute Gasteiger partial charge is 0.481 e. The lowest BCUT2D eigenvalue weighted by atomic mass is 10.2. The van der Waals surface area contributed by atoms with Crippen LogP contribution in [0.25, 0.3) is 0 Å². The number of nitrogens with zero attached hydrogens (tertiary/aromatic N) is 1. The minimum Gasteiger partial charge on any atom is -0.481 e. The molecule has 88 valence electrons. The van der Waals surface area contributed by atoms with Gasteiger partial charge in [0.15, 0.2) is 0 Å². The molecule has 0 unspecified atom stereocenters. The average Bonchev–Trinajstić information content (AvgIpc) is 2.61. The molecule has 6 nitrogen and oxygen atoms in total. The molecule has 1 aromatic heterocycles. The fourth-order valence-corrected chi connectivity index (χ4v) is 1.46. The van der Waals surface area contributed by atoms with E-state index in [1.54, 1.807) is 6.20 Å². The van der Waals surface area contributed by atoms with Crippen LogP contribution in [-0.4, -0.2) is 40.4 Å². The van der Waals surface area contributed by atoms with Gasteiger partial charge in [0.05, 0.1) is 25.7 Å². The minimum atomic E-state index is -1.04. The fraction of sp³-hybridized carbons (Fsp3) is 0.400. The number of ether oxygens (including phenoxy) is 1. The number of aromatic nitrogens is 1. The zero-order valence-corrected chi connectivity index (χ0v) is 8.84. The monoisotopic (exact) mass is 227 g/mol. The maximum absolute atomic E-state index is 11.3. The summed E-state index contributed by atoms with van der Waals surface area (Å²) in [7, 11) is 1.23. The molecule has 0 aliphatic heterocycles. The van der Waals surface area contributed by atoms with Crippen molar-refractivity contribution in [2.45, 2.75) is 13.0 Å². The molecule has 6 heteroatoms. The first-order chi connectivity index (χ1) is 7.60. The Labute approximate surface area is 92.1 Å². The van der Waals surface area contributed by atoms with Crippen molar-refractivity contribution in [3.8, 4) is 0 Å². The zero-order valence-electron chi connectivity index (χ0n) is 8.84. The number of carbonyl (C=O) groups excluding carboxylic acids is 1. The van der Waals surface area contributed by atoms with Crippen LogP contribution >= 0.6 is 0 Å². The van der Waals surface area contributed by atoms with E-state index in [0.717, 1.165) is 0 Å². The predicted molar refractivity (Wildman–Crippen MR) is 54.2 cm³/mol. The Morgan fingerprint density at radius 2 is 2.19 bits per heavy atom. The first-order valence-electron chi connectivity index (χ1n) is 4.69. The van der Waals surface area contributed by atoms with E-state index < -0.39 is 11.9 Å². The Kier molecular flexibility index (Phi) is 4.07. The summed E-state index contributed by atoms with van der Waals surface area (Å²) in [5.41, 5.74) is 0.562. The van der Waals surface area contributed by atoms with Crippen molar-refractivity contribution < 1.29 is 24.5 Å². The smallest absolute Gasteiger partial charge is 0.339 e. The number of carboxylic acid groups (broad SMARTS) is 1. The van der Waals surface area contributed by atoms with Gasteiger partial charge in [0.2, 0.25) is 0 Å². The van der Waals surface area contributed by atoms with Gasteiger partial charge in [-0.3, -0.25) is 4.79 Å². The Morgan fingerprint density at radius 1 is 1.50 bits per heavy atom. The zero-order chi connectivity index (χ0) is 12.1. The van der Waals surface area contributed by atoms with Gasteiger partial charge >= 0.3 is 11.9 Å². The summed E-state index contributed by atoms with van der Waals surface area (Å²) in [6, 6.07) is 1.49. The maximum Gasteiger partial charge on any atom is 0.339 e. The summed E-state index contributed by atoms with van der Waals surface area (Å²) in [6.45, 7) is 0.127. The Bertz CT molecular complexity index is 396. The first-order valence-corrected chi connectivity index (χ1v) is 4.69. The van der Waals surface area contributed by atoms with Gasteiger partial charge < -0.3 is 19.5 Å². The molecule has 0 aromatic carbocycles. The summed E-state index contributed by atoms with van der Waals surface area (Å²) in [4.78, 5) is 22.0. The van der Waals surface area contributed by atoms with Crippen LogP contribution in [0.3, 0.4) is 0 Å². The fourth-order valence-electron chi connectivity index (χ4n) is 1.46. The topological polar surface area (TPSA) is 88.8 Å². The van der Waals surface area contributed by atoms with E-state index in [2.05, 4.69) is 4.74 Å². The number of hydrogen-bond donors (Lipinski definition) is 2. The third-order valence-electron chi connectivity index (χ3n) is 2.14. The van der Waals surface area contributed by atoms with Crippen molar-refractivity contribution in [1.82, 2.24) is 4.57 Å². The van der Waals surface area contributed by atoms with Crippen LogP contribution in [0.1, 0.15) is 16.1 Å². The molecule has 1 aromatic rings.